The molecule has 1 heterocycles. The van der Waals surface area contributed by atoms with Crippen LogP contribution in [0.2, 0.25) is 0 Å². The van der Waals surface area contributed by atoms with E-state index in [4.69, 9.17) is 6.42 Å². The summed E-state index contributed by atoms with van der Waals surface area (Å²) in [7, 11) is 0. The molecule has 0 radical (unpaired) electrons. The van der Waals surface area contributed by atoms with Crippen molar-refractivity contribution in [2.24, 2.45) is 11.8 Å². The van der Waals surface area contributed by atoms with E-state index in [1.807, 2.05) is 6.07 Å². The summed E-state index contributed by atoms with van der Waals surface area (Å²) in [6.45, 7) is 6.84. The fourth-order valence-electron chi connectivity index (χ4n) is 3.38. The van der Waals surface area contributed by atoms with Gasteiger partial charge in [0.25, 0.3) is 0 Å². The average Bonchev–Trinajstić information content (AvgIpc) is 2.46. The Labute approximate surface area is 128 Å². The van der Waals surface area contributed by atoms with E-state index < -0.39 is 0 Å². The standard InChI is InChI=1S/C20H23N/c1-5-15-8-11-17-18(12-15)21-19(13-20(17,3)4)16-9-6-14(2)7-10-16/h1,6,8-9,11-14,16,21H,7,10H2,2-4H3. The summed E-state index contributed by atoms with van der Waals surface area (Å²) in [6, 6.07) is 6.28. The average molecular weight is 277 g/mol. The predicted octanol–water partition coefficient (Wildman–Crippen LogP) is 4.86. The Balaban J connectivity index is 1.97. The number of rotatable bonds is 1. The summed E-state index contributed by atoms with van der Waals surface area (Å²) in [5.74, 6) is 3.94. The molecule has 3 rings (SSSR count). The molecule has 1 aliphatic heterocycles. The van der Waals surface area contributed by atoms with Crippen molar-refractivity contribution in [3.05, 3.63) is 53.3 Å². The molecular weight excluding hydrogens is 254 g/mol. The maximum absolute atomic E-state index is 5.54. The van der Waals surface area contributed by atoms with Crippen LogP contribution in [0.3, 0.4) is 0 Å². The molecule has 1 heteroatoms. The van der Waals surface area contributed by atoms with Gasteiger partial charge in [-0.15, -0.1) is 6.42 Å². The fraction of sp³-hybridized carbons (Fsp3) is 0.400. The van der Waals surface area contributed by atoms with E-state index in [9.17, 15) is 0 Å². The lowest BCUT2D eigenvalue weighted by Gasteiger charge is -2.35. The quantitative estimate of drug-likeness (QED) is 0.571. The Kier molecular flexibility index (Phi) is 3.41. The van der Waals surface area contributed by atoms with Gasteiger partial charge in [0.15, 0.2) is 0 Å². The highest BCUT2D eigenvalue weighted by atomic mass is 14.9. The number of anilines is 1. The number of terminal acetylenes is 1. The van der Waals surface area contributed by atoms with Gasteiger partial charge in [0.1, 0.15) is 0 Å². The first-order chi connectivity index (χ1) is 9.99. The molecule has 0 saturated carbocycles. The van der Waals surface area contributed by atoms with E-state index in [2.05, 4.69) is 62.4 Å². The Bertz CT molecular complexity index is 655. The molecule has 21 heavy (non-hydrogen) atoms. The topological polar surface area (TPSA) is 12.0 Å². The second kappa shape index (κ2) is 5.11. The van der Waals surface area contributed by atoms with Crippen LogP contribution in [-0.4, -0.2) is 0 Å². The monoisotopic (exact) mass is 277 g/mol. The largest absolute Gasteiger partial charge is 0.358 e. The Hall–Kier alpha value is -1.94. The first-order valence-corrected chi connectivity index (χ1v) is 7.79. The third-order valence-corrected chi connectivity index (χ3v) is 4.68. The minimum absolute atomic E-state index is 0.0416. The van der Waals surface area contributed by atoms with Crippen molar-refractivity contribution in [1.29, 1.82) is 0 Å². The molecule has 1 aliphatic carbocycles. The van der Waals surface area contributed by atoms with Crippen molar-refractivity contribution in [2.75, 3.05) is 5.32 Å². The number of benzene rings is 1. The first-order valence-electron chi connectivity index (χ1n) is 7.79. The molecule has 1 aromatic carbocycles. The number of allylic oxidation sites excluding steroid dienone is 3. The van der Waals surface area contributed by atoms with E-state index in [-0.39, 0.29) is 5.41 Å². The minimum Gasteiger partial charge on any atom is -0.358 e. The Morgan fingerprint density at radius 3 is 2.71 bits per heavy atom. The van der Waals surface area contributed by atoms with Gasteiger partial charge in [0, 0.05) is 28.3 Å². The molecule has 2 atom stereocenters. The van der Waals surface area contributed by atoms with E-state index in [1.165, 1.54) is 29.8 Å². The summed E-state index contributed by atoms with van der Waals surface area (Å²) in [6.07, 6.45) is 15.1. The van der Waals surface area contributed by atoms with Crippen LogP contribution in [-0.2, 0) is 5.41 Å². The van der Waals surface area contributed by atoms with Gasteiger partial charge in [0.2, 0.25) is 0 Å². The Morgan fingerprint density at radius 2 is 2.05 bits per heavy atom. The minimum atomic E-state index is 0.0416. The van der Waals surface area contributed by atoms with E-state index >= 15 is 0 Å². The molecule has 2 unspecified atom stereocenters. The van der Waals surface area contributed by atoms with Gasteiger partial charge in [-0.2, -0.15) is 0 Å². The number of nitrogens with one attached hydrogen (secondary N) is 1. The highest BCUT2D eigenvalue weighted by Crippen LogP contribution is 2.40. The van der Waals surface area contributed by atoms with Gasteiger partial charge in [0.05, 0.1) is 0 Å². The second-order valence-corrected chi connectivity index (χ2v) is 6.90. The fourth-order valence-corrected chi connectivity index (χ4v) is 3.38. The van der Waals surface area contributed by atoms with Gasteiger partial charge in [-0.3, -0.25) is 0 Å². The maximum atomic E-state index is 5.54. The number of fused-ring (bicyclic) bond motifs is 1. The van der Waals surface area contributed by atoms with Crippen LogP contribution in [0.15, 0.2) is 42.1 Å². The predicted molar refractivity (Wildman–Crippen MR) is 90.1 cm³/mol. The molecule has 1 N–H and O–H groups in total. The molecule has 0 aromatic heterocycles. The zero-order valence-corrected chi connectivity index (χ0v) is 13.1. The molecule has 0 fully saturated rings. The zero-order chi connectivity index (χ0) is 15.0. The zero-order valence-electron chi connectivity index (χ0n) is 13.1. The third kappa shape index (κ3) is 2.63. The van der Waals surface area contributed by atoms with Crippen LogP contribution in [0, 0.1) is 24.2 Å². The second-order valence-electron chi connectivity index (χ2n) is 6.90. The maximum Gasteiger partial charge on any atom is 0.0435 e. The lowest BCUT2D eigenvalue weighted by atomic mass is 9.77. The molecule has 2 aliphatic rings. The van der Waals surface area contributed by atoms with Crippen molar-refractivity contribution in [3.8, 4) is 12.3 Å². The van der Waals surface area contributed by atoms with Crippen molar-refractivity contribution in [2.45, 2.75) is 39.0 Å². The highest BCUT2D eigenvalue weighted by Gasteiger charge is 2.29. The number of hydrogen-bond acceptors (Lipinski definition) is 1. The van der Waals surface area contributed by atoms with Crippen LogP contribution in [0.25, 0.3) is 0 Å². The normalized spacial score (nSPS) is 26.3. The number of hydrogen-bond donors (Lipinski definition) is 1. The summed E-state index contributed by atoms with van der Waals surface area (Å²) in [5, 5.41) is 3.63. The van der Waals surface area contributed by atoms with E-state index in [1.54, 1.807) is 0 Å². The molecule has 1 nitrogen and oxygen atoms in total. The van der Waals surface area contributed by atoms with Crippen LogP contribution in [0.4, 0.5) is 5.69 Å². The van der Waals surface area contributed by atoms with Gasteiger partial charge in [-0.25, -0.2) is 0 Å². The highest BCUT2D eigenvalue weighted by molar-refractivity contribution is 5.65. The van der Waals surface area contributed by atoms with Gasteiger partial charge in [-0.1, -0.05) is 51.0 Å². The molecule has 0 amide bonds. The first kappa shape index (κ1) is 14.0. The molecule has 1 aromatic rings. The van der Waals surface area contributed by atoms with Crippen LogP contribution >= 0.6 is 0 Å². The summed E-state index contributed by atoms with van der Waals surface area (Å²) in [4.78, 5) is 0. The van der Waals surface area contributed by atoms with Crippen molar-refractivity contribution in [3.63, 3.8) is 0 Å². The third-order valence-electron chi connectivity index (χ3n) is 4.68. The van der Waals surface area contributed by atoms with E-state index in [0.29, 0.717) is 11.8 Å². The molecule has 0 saturated heterocycles. The van der Waals surface area contributed by atoms with Gasteiger partial charge in [-0.05, 0) is 36.5 Å². The van der Waals surface area contributed by atoms with Crippen LogP contribution < -0.4 is 5.32 Å². The van der Waals surface area contributed by atoms with Gasteiger partial charge < -0.3 is 5.32 Å². The summed E-state index contributed by atoms with van der Waals surface area (Å²) < 4.78 is 0. The van der Waals surface area contributed by atoms with Gasteiger partial charge >= 0.3 is 0 Å². The van der Waals surface area contributed by atoms with Crippen molar-refractivity contribution < 1.29 is 0 Å². The lowest BCUT2D eigenvalue weighted by Crippen LogP contribution is -2.27. The molecule has 0 spiro atoms. The summed E-state index contributed by atoms with van der Waals surface area (Å²) in [5.41, 5.74) is 4.79. The van der Waals surface area contributed by atoms with Crippen LogP contribution in [0.5, 0.6) is 0 Å². The molecular formula is C20H23N. The summed E-state index contributed by atoms with van der Waals surface area (Å²) >= 11 is 0. The SMILES string of the molecule is C#Cc1ccc2c(c1)NC(C1C=CC(C)CC1)=CC2(C)C. The Morgan fingerprint density at radius 1 is 1.24 bits per heavy atom. The molecule has 0 bridgehead atoms. The lowest BCUT2D eigenvalue weighted by molar-refractivity contribution is 0.509. The van der Waals surface area contributed by atoms with Crippen molar-refractivity contribution in [1.82, 2.24) is 0 Å². The van der Waals surface area contributed by atoms with Crippen LogP contribution in [0.1, 0.15) is 44.7 Å². The smallest absolute Gasteiger partial charge is 0.0435 e. The van der Waals surface area contributed by atoms with Crippen molar-refractivity contribution >= 4 is 5.69 Å². The van der Waals surface area contributed by atoms with E-state index in [0.717, 1.165) is 5.56 Å². The molecule has 108 valence electrons.